The van der Waals surface area contributed by atoms with Crippen LogP contribution in [0.25, 0.3) is 11.0 Å². The highest BCUT2D eigenvalue weighted by atomic mass is 35.5. The van der Waals surface area contributed by atoms with Crippen molar-refractivity contribution in [2.75, 3.05) is 24.5 Å². The number of benzene rings is 3. The molecule has 1 aromatic heterocycles. The molecule has 0 aliphatic carbocycles. The molecule has 3 aromatic carbocycles. The Labute approximate surface area is 259 Å². The van der Waals surface area contributed by atoms with Crippen LogP contribution in [-0.2, 0) is 17.8 Å². The number of hydrogen-bond donors (Lipinski definition) is 1. The lowest BCUT2D eigenvalue weighted by Crippen LogP contribution is -2.37. The molecule has 1 atom stereocenters. The summed E-state index contributed by atoms with van der Waals surface area (Å²) in [5, 5.41) is 3.86. The van der Waals surface area contributed by atoms with Gasteiger partial charge in [-0.15, -0.1) is 0 Å². The summed E-state index contributed by atoms with van der Waals surface area (Å²) < 4.78 is 19.5. The summed E-state index contributed by atoms with van der Waals surface area (Å²) in [6.07, 6.45) is 5.77. The first-order valence-corrected chi connectivity index (χ1v) is 15.3. The van der Waals surface area contributed by atoms with Crippen LogP contribution in [0.15, 0.2) is 93.7 Å². The molecule has 2 saturated heterocycles. The number of fused-ring (bicyclic) bond motifs is 1. The SMILES string of the molecule is O=C(N[C@H](C=C1CCN(c2ccccc2CN2CCCC2=O)CC1)Cc1ccc(Cl)cc1)c1cc(=O)c2ccc(F)cc2o1. The Kier molecular flexibility index (Phi) is 8.79. The van der Waals surface area contributed by atoms with Crippen molar-refractivity contribution in [1.82, 2.24) is 10.2 Å². The lowest BCUT2D eigenvalue weighted by atomic mass is 9.97. The van der Waals surface area contributed by atoms with Crippen molar-refractivity contribution >= 4 is 40.1 Å². The van der Waals surface area contributed by atoms with E-state index in [9.17, 15) is 18.8 Å². The maximum Gasteiger partial charge on any atom is 0.287 e. The van der Waals surface area contributed by atoms with E-state index in [1.54, 1.807) is 0 Å². The predicted molar refractivity (Wildman–Crippen MR) is 169 cm³/mol. The van der Waals surface area contributed by atoms with Crippen LogP contribution in [0.3, 0.4) is 0 Å². The van der Waals surface area contributed by atoms with E-state index in [4.69, 9.17) is 16.0 Å². The van der Waals surface area contributed by atoms with E-state index in [1.807, 2.05) is 41.3 Å². The lowest BCUT2D eigenvalue weighted by Gasteiger charge is -2.33. The first-order valence-electron chi connectivity index (χ1n) is 14.9. The van der Waals surface area contributed by atoms with Crippen molar-refractivity contribution in [1.29, 1.82) is 0 Å². The topological polar surface area (TPSA) is 82.9 Å². The predicted octanol–water partition coefficient (Wildman–Crippen LogP) is 6.28. The molecule has 1 N–H and O–H groups in total. The van der Waals surface area contributed by atoms with E-state index in [0.717, 1.165) is 67.8 Å². The number of likely N-dealkylation sites (tertiary alicyclic amines) is 1. The Balaban J connectivity index is 1.19. The summed E-state index contributed by atoms with van der Waals surface area (Å²) in [5.41, 5.74) is 4.12. The van der Waals surface area contributed by atoms with Crippen LogP contribution in [0.2, 0.25) is 5.02 Å². The van der Waals surface area contributed by atoms with Gasteiger partial charge < -0.3 is 19.5 Å². The molecule has 0 spiro atoms. The van der Waals surface area contributed by atoms with Crippen LogP contribution in [0.1, 0.15) is 47.4 Å². The molecule has 2 fully saturated rings. The largest absolute Gasteiger partial charge is 0.451 e. The van der Waals surface area contributed by atoms with Gasteiger partial charge >= 0.3 is 0 Å². The number of para-hydroxylation sites is 1. The number of halogens is 2. The van der Waals surface area contributed by atoms with Gasteiger partial charge in [-0.3, -0.25) is 14.4 Å². The van der Waals surface area contributed by atoms with Gasteiger partial charge in [-0.2, -0.15) is 0 Å². The highest BCUT2D eigenvalue weighted by Gasteiger charge is 2.24. The van der Waals surface area contributed by atoms with E-state index in [2.05, 4.69) is 28.4 Å². The Morgan fingerprint density at radius 3 is 2.50 bits per heavy atom. The van der Waals surface area contributed by atoms with Crippen LogP contribution in [0.5, 0.6) is 0 Å². The van der Waals surface area contributed by atoms with E-state index >= 15 is 0 Å². The highest BCUT2D eigenvalue weighted by molar-refractivity contribution is 6.30. The summed E-state index contributed by atoms with van der Waals surface area (Å²) in [5.74, 6) is -1.06. The number of carbonyl (C=O) groups is 2. The number of amides is 2. The molecule has 0 saturated carbocycles. The van der Waals surface area contributed by atoms with Gasteiger partial charge in [0.05, 0.1) is 11.4 Å². The summed E-state index contributed by atoms with van der Waals surface area (Å²) in [4.78, 5) is 42.5. The monoisotopic (exact) mass is 613 g/mol. The zero-order valence-corrected chi connectivity index (χ0v) is 25.0. The average molecular weight is 614 g/mol. The van der Waals surface area contributed by atoms with Crippen LogP contribution < -0.4 is 15.6 Å². The third kappa shape index (κ3) is 6.86. The second-order valence-electron chi connectivity index (χ2n) is 11.4. The molecule has 0 radical (unpaired) electrons. The fourth-order valence-corrected chi connectivity index (χ4v) is 6.15. The quantitative estimate of drug-likeness (QED) is 0.237. The second kappa shape index (κ2) is 13.1. The fourth-order valence-electron chi connectivity index (χ4n) is 6.02. The fraction of sp³-hybridized carbons (Fsp3) is 0.286. The molecule has 6 rings (SSSR count). The van der Waals surface area contributed by atoms with Crippen molar-refractivity contribution in [3.8, 4) is 0 Å². The number of carbonyl (C=O) groups excluding carboxylic acids is 2. The van der Waals surface area contributed by atoms with E-state index in [0.29, 0.717) is 24.4 Å². The van der Waals surface area contributed by atoms with Gasteiger partial charge in [0.1, 0.15) is 11.4 Å². The molecule has 4 aromatic rings. The van der Waals surface area contributed by atoms with Gasteiger partial charge in [-0.05, 0) is 67.1 Å². The molecule has 2 aliphatic heterocycles. The zero-order chi connectivity index (χ0) is 30.6. The number of nitrogens with zero attached hydrogens (tertiary/aromatic N) is 2. The number of rotatable bonds is 8. The molecule has 2 amide bonds. The number of piperidine rings is 1. The van der Waals surface area contributed by atoms with E-state index in [1.165, 1.54) is 17.7 Å². The minimum Gasteiger partial charge on any atom is -0.451 e. The minimum absolute atomic E-state index is 0.0250. The van der Waals surface area contributed by atoms with Gasteiger partial charge in [-0.25, -0.2) is 4.39 Å². The Morgan fingerprint density at radius 1 is 0.977 bits per heavy atom. The maximum absolute atomic E-state index is 13.8. The van der Waals surface area contributed by atoms with Crippen LogP contribution >= 0.6 is 11.6 Å². The van der Waals surface area contributed by atoms with Crippen LogP contribution in [-0.4, -0.2) is 42.4 Å². The smallest absolute Gasteiger partial charge is 0.287 e. The summed E-state index contributed by atoms with van der Waals surface area (Å²) in [6.45, 7) is 3.05. The van der Waals surface area contributed by atoms with Gasteiger partial charge in [-0.1, -0.05) is 53.6 Å². The van der Waals surface area contributed by atoms with Crippen LogP contribution in [0, 0.1) is 5.82 Å². The molecular weight excluding hydrogens is 581 g/mol. The normalized spacial score (nSPS) is 16.0. The van der Waals surface area contributed by atoms with Gasteiger partial charge in [0, 0.05) is 55.4 Å². The summed E-state index contributed by atoms with van der Waals surface area (Å²) >= 11 is 6.10. The first-order chi connectivity index (χ1) is 21.3. The summed E-state index contributed by atoms with van der Waals surface area (Å²) in [7, 11) is 0. The molecule has 2 aliphatic rings. The third-order valence-corrected chi connectivity index (χ3v) is 8.56. The van der Waals surface area contributed by atoms with Crippen LogP contribution in [0.4, 0.5) is 10.1 Å². The van der Waals surface area contributed by atoms with Gasteiger partial charge in [0.15, 0.2) is 11.2 Å². The molecule has 0 unspecified atom stereocenters. The van der Waals surface area contributed by atoms with Crippen molar-refractivity contribution in [3.05, 3.63) is 122 Å². The first kappa shape index (κ1) is 29.6. The molecular formula is C35H33ClFN3O4. The number of nitrogens with one attached hydrogen (secondary N) is 1. The molecule has 0 bridgehead atoms. The Morgan fingerprint density at radius 2 is 1.75 bits per heavy atom. The third-order valence-electron chi connectivity index (χ3n) is 8.31. The van der Waals surface area contributed by atoms with Crippen molar-refractivity contribution in [2.24, 2.45) is 0 Å². The van der Waals surface area contributed by atoms with Gasteiger partial charge in [0.2, 0.25) is 5.91 Å². The molecule has 44 heavy (non-hydrogen) atoms. The second-order valence-corrected chi connectivity index (χ2v) is 11.8. The molecule has 3 heterocycles. The average Bonchev–Trinajstić information content (AvgIpc) is 3.42. The van der Waals surface area contributed by atoms with Crippen molar-refractivity contribution in [2.45, 2.75) is 44.7 Å². The summed E-state index contributed by atoms with van der Waals surface area (Å²) in [6, 6.07) is 20.1. The van der Waals surface area contributed by atoms with Crippen molar-refractivity contribution < 1.29 is 18.4 Å². The van der Waals surface area contributed by atoms with E-state index in [-0.39, 0.29) is 28.7 Å². The Bertz CT molecular complexity index is 1780. The zero-order valence-electron chi connectivity index (χ0n) is 24.2. The standard InChI is InChI=1S/C35H33ClFN3O4/c36-26-9-7-23(8-10-26)18-28(38-35(43)33-21-31(41)29-12-11-27(37)20-32(29)44-33)19-24-13-16-39(17-14-24)30-5-2-1-4-25(30)22-40-15-3-6-34(40)42/h1-2,4-5,7-12,19-21,28H,3,6,13-18,22H2,(H,38,43)/t28-/m0/s1. The Hall–Kier alpha value is -4.43. The highest BCUT2D eigenvalue weighted by Crippen LogP contribution is 2.29. The van der Waals surface area contributed by atoms with Crippen molar-refractivity contribution in [3.63, 3.8) is 0 Å². The minimum atomic E-state index is -0.554. The maximum atomic E-state index is 13.8. The lowest BCUT2D eigenvalue weighted by molar-refractivity contribution is -0.128. The van der Waals surface area contributed by atoms with Gasteiger partial charge in [0.25, 0.3) is 5.91 Å². The molecule has 226 valence electrons. The molecule has 9 heteroatoms. The molecule has 7 nitrogen and oxygen atoms in total. The number of hydrogen-bond acceptors (Lipinski definition) is 5. The number of anilines is 1. The van der Waals surface area contributed by atoms with E-state index < -0.39 is 17.2 Å².